The lowest BCUT2D eigenvalue weighted by Crippen LogP contribution is -2.08. The quantitative estimate of drug-likeness (QED) is 0.197. The van der Waals surface area contributed by atoms with Crippen LogP contribution < -0.4 is 4.74 Å². The Hall–Kier alpha value is -5.10. The monoisotopic (exact) mass is 552 g/mol. The first kappa shape index (κ1) is 27.5. The number of pyridine rings is 1. The zero-order valence-electron chi connectivity index (χ0n) is 22.7. The lowest BCUT2D eigenvalue weighted by Gasteiger charge is -2.14. The number of aromatic nitrogens is 3. The number of methoxy groups -OCH3 is 1. The summed E-state index contributed by atoms with van der Waals surface area (Å²) in [6.07, 6.45) is 0.249. The molecular formula is C32H26F2N4O3. The van der Waals surface area contributed by atoms with E-state index < -0.39 is 17.6 Å². The molecule has 2 heterocycles. The minimum atomic E-state index is -0.534. The number of benzene rings is 3. The van der Waals surface area contributed by atoms with Crippen molar-refractivity contribution in [3.05, 3.63) is 113 Å². The summed E-state index contributed by atoms with van der Waals surface area (Å²) in [5.41, 5.74) is 3.94. The standard InChI is InChI=1S/C32H26F2N4O3/c1-19(2)38-29-15-23(32(39)40-3)11-12-28(29)36-30(38)16-21-9-10-22(14-26(21)34)27-5-4-6-31(37-27)41-18-24-8-7-20(17-35)13-25(24)33/h4-15,19H,16,18H2,1-3H3. The predicted molar refractivity (Wildman–Crippen MR) is 149 cm³/mol. The Kier molecular flexibility index (Phi) is 7.74. The smallest absolute Gasteiger partial charge is 0.337 e. The van der Waals surface area contributed by atoms with Crippen molar-refractivity contribution in [2.45, 2.75) is 32.9 Å². The van der Waals surface area contributed by atoms with E-state index in [1.54, 1.807) is 48.5 Å². The minimum Gasteiger partial charge on any atom is -0.473 e. The third-order valence-corrected chi connectivity index (χ3v) is 6.68. The van der Waals surface area contributed by atoms with Crippen LogP contribution in [0.3, 0.4) is 0 Å². The van der Waals surface area contributed by atoms with Crippen molar-refractivity contribution in [3.8, 4) is 23.2 Å². The van der Waals surface area contributed by atoms with Crippen LogP contribution in [0.25, 0.3) is 22.3 Å². The summed E-state index contributed by atoms with van der Waals surface area (Å²) in [5.74, 6) is -0.448. The topological polar surface area (TPSA) is 90.0 Å². The van der Waals surface area contributed by atoms with Gasteiger partial charge in [0.05, 0.1) is 41.0 Å². The van der Waals surface area contributed by atoms with Gasteiger partial charge in [-0.25, -0.2) is 23.5 Å². The molecule has 0 bridgehead atoms. The van der Waals surface area contributed by atoms with Crippen LogP contribution in [0.1, 0.15) is 52.8 Å². The van der Waals surface area contributed by atoms with Gasteiger partial charge < -0.3 is 14.0 Å². The Bertz CT molecular complexity index is 1810. The van der Waals surface area contributed by atoms with Crippen LogP contribution in [0.5, 0.6) is 5.88 Å². The molecule has 0 unspecified atom stereocenters. The number of hydrogen-bond acceptors (Lipinski definition) is 6. The van der Waals surface area contributed by atoms with E-state index in [0.717, 1.165) is 11.6 Å². The molecule has 206 valence electrons. The molecule has 0 aliphatic carbocycles. The molecule has 0 amide bonds. The van der Waals surface area contributed by atoms with Crippen molar-refractivity contribution < 1.29 is 23.0 Å². The van der Waals surface area contributed by atoms with Gasteiger partial charge in [0, 0.05) is 29.7 Å². The number of esters is 1. The molecule has 0 fully saturated rings. The third-order valence-electron chi connectivity index (χ3n) is 6.68. The van der Waals surface area contributed by atoms with E-state index in [-0.39, 0.29) is 30.5 Å². The average Bonchev–Trinajstić information content (AvgIpc) is 3.34. The van der Waals surface area contributed by atoms with Gasteiger partial charge in [-0.3, -0.25) is 0 Å². The number of fused-ring (bicyclic) bond motifs is 1. The molecule has 0 aliphatic heterocycles. The molecule has 0 atom stereocenters. The van der Waals surface area contributed by atoms with Gasteiger partial charge in [0.15, 0.2) is 0 Å². The van der Waals surface area contributed by atoms with Gasteiger partial charge in [-0.05, 0) is 61.9 Å². The normalized spacial score (nSPS) is 11.0. The van der Waals surface area contributed by atoms with Crippen LogP contribution in [-0.4, -0.2) is 27.6 Å². The molecule has 5 aromatic rings. The molecular weight excluding hydrogens is 526 g/mol. The molecule has 41 heavy (non-hydrogen) atoms. The van der Waals surface area contributed by atoms with E-state index in [4.69, 9.17) is 19.7 Å². The lowest BCUT2D eigenvalue weighted by atomic mass is 10.1. The number of hydrogen-bond donors (Lipinski definition) is 0. The number of rotatable bonds is 8. The molecule has 7 nitrogen and oxygen atoms in total. The summed E-state index contributed by atoms with van der Waals surface area (Å²) in [4.78, 5) is 21.2. The Morgan fingerprint density at radius 1 is 0.976 bits per heavy atom. The first-order chi connectivity index (χ1) is 19.8. The number of nitrogens with zero attached hydrogens (tertiary/aromatic N) is 4. The molecule has 5 rings (SSSR count). The maximum atomic E-state index is 15.4. The second-order valence-corrected chi connectivity index (χ2v) is 9.74. The largest absolute Gasteiger partial charge is 0.473 e. The summed E-state index contributed by atoms with van der Waals surface area (Å²) < 4.78 is 42.1. The van der Waals surface area contributed by atoms with Gasteiger partial charge in [-0.2, -0.15) is 5.26 Å². The number of nitriles is 1. The van der Waals surface area contributed by atoms with E-state index in [0.29, 0.717) is 39.3 Å². The lowest BCUT2D eigenvalue weighted by molar-refractivity contribution is 0.0601. The van der Waals surface area contributed by atoms with E-state index in [9.17, 15) is 9.18 Å². The molecule has 0 radical (unpaired) electrons. The zero-order chi connectivity index (χ0) is 29.1. The van der Waals surface area contributed by atoms with E-state index >= 15 is 4.39 Å². The second kappa shape index (κ2) is 11.6. The summed E-state index contributed by atoms with van der Waals surface area (Å²) in [7, 11) is 1.33. The van der Waals surface area contributed by atoms with Gasteiger partial charge in [-0.15, -0.1) is 0 Å². The molecule has 3 aromatic carbocycles. The zero-order valence-corrected chi connectivity index (χ0v) is 22.7. The average molecular weight is 553 g/mol. The van der Waals surface area contributed by atoms with E-state index in [1.807, 2.05) is 24.5 Å². The maximum absolute atomic E-state index is 15.4. The molecule has 0 saturated heterocycles. The first-order valence-electron chi connectivity index (χ1n) is 12.9. The predicted octanol–water partition coefficient (Wildman–Crippen LogP) is 6.79. The van der Waals surface area contributed by atoms with Crippen LogP contribution in [0.4, 0.5) is 8.78 Å². The maximum Gasteiger partial charge on any atom is 0.337 e. The van der Waals surface area contributed by atoms with Crippen molar-refractivity contribution in [3.63, 3.8) is 0 Å². The fourth-order valence-corrected chi connectivity index (χ4v) is 4.65. The Labute approximate surface area is 235 Å². The highest BCUT2D eigenvalue weighted by atomic mass is 19.1. The van der Waals surface area contributed by atoms with Crippen molar-refractivity contribution in [1.82, 2.24) is 14.5 Å². The SMILES string of the molecule is COC(=O)c1ccc2nc(Cc3ccc(-c4cccc(OCc5ccc(C#N)cc5F)n4)cc3F)n(C(C)C)c2c1. The third kappa shape index (κ3) is 5.77. The first-order valence-corrected chi connectivity index (χ1v) is 12.9. The molecule has 0 saturated carbocycles. The van der Waals surface area contributed by atoms with Crippen LogP contribution in [0.15, 0.2) is 72.8 Å². The van der Waals surface area contributed by atoms with Gasteiger partial charge in [0.1, 0.15) is 24.1 Å². The van der Waals surface area contributed by atoms with Crippen LogP contribution in [-0.2, 0) is 17.8 Å². The highest BCUT2D eigenvalue weighted by Crippen LogP contribution is 2.27. The second-order valence-electron chi connectivity index (χ2n) is 9.74. The number of carbonyl (C=O) groups is 1. The van der Waals surface area contributed by atoms with Crippen molar-refractivity contribution >= 4 is 17.0 Å². The van der Waals surface area contributed by atoms with Crippen molar-refractivity contribution in [2.75, 3.05) is 7.11 Å². The van der Waals surface area contributed by atoms with Gasteiger partial charge in [-0.1, -0.05) is 24.3 Å². The van der Waals surface area contributed by atoms with E-state index in [1.165, 1.54) is 25.3 Å². The van der Waals surface area contributed by atoms with Crippen LogP contribution >= 0.6 is 0 Å². The van der Waals surface area contributed by atoms with Gasteiger partial charge >= 0.3 is 5.97 Å². The molecule has 2 aromatic heterocycles. The summed E-state index contributed by atoms with van der Waals surface area (Å²) in [6.45, 7) is 3.94. The number of ether oxygens (including phenoxy) is 2. The molecule has 0 aliphatic rings. The summed E-state index contributed by atoms with van der Waals surface area (Å²) >= 11 is 0. The Morgan fingerprint density at radius 3 is 2.46 bits per heavy atom. The summed E-state index contributed by atoms with van der Waals surface area (Å²) in [5, 5.41) is 8.90. The van der Waals surface area contributed by atoms with Crippen LogP contribution in [0.2, 0.25) is 0 Å². The van der Waals surface area contributed by atoms with Crippen molar-refractivity contribution in [2.24, 2.45) is 0 Å². The molecule has 0 N–H and O–H groups in total. The van der Waals surface area contributed by atoms with Gasteiger partial charge in [0.25, 0.3) is 0 Å². The highest BCUT2D eigenvalue weighted by molar-refractivity contribution is 5.93. The Balaban J connectivity index is 1.37. The highest BCUT2D eigenvalue weighted by Gasteiger charge is 2.18. The minimum absolute atomic E-state index is 0.0231. The van der Waals surface area contributed by atoms with Crippen LogP contribution in [0, 0.1) is 23.0 Å². The number of carbonyl (C=O) groups excluding carboxylic acids is 1. The Morgan fingerprint density at radius 2 is 1.76 bits per heavy atom. The number of halogens is 2. The molecule has 0 spiro atoms. The van der Waals surface area contributed by atoms with Gasteiger partial charge in [0.2, 0.25) is 5.88 Å². The van der Waals surface area contributed by atoms with Crippen molar-refractivity contribution in [1.29, 1.82) is 5.26 Å². The molecule has 9 heteroatoms. The van der Waals surface area contributed by atoms with E-state index in [2.05, 4.69) is 4.98 Å². The number of imidazole rings is 1. The fraction of sp³-hybridized carbons (Fsp3) is 0.188. The fourth-order valence-electron chi connectivity index (χ4n) is 4.65. The summed E-state index contributed by atoms with van der Waals surface area (Å²) in [6, 6.07) is 21.3.